The van der Waals surface area contributed by atoms with Gasteiger partial charge in [-0.15, -0.1) is 11.8 Å². The molecule has 2 aromatic carbocycles. The number of hydrogen-bond acceptors (Lipinski definition) is 3. The Labute approximate surface area is 126 Å². The number of carbonyl (C=O) groups is 2. The summed E-state index contributed by atoms with van der Waals surface area (Å²) in [6, 6.07) is 16.9. The first-order chi connectivity index (χ1) is 10.2. The zero-order valence-electron chi connectivity index (χ0n) is 11.1. The smallest absolute Gasteiger partial charge is 0.266 e. The molecule has 4 rings (SSSR count). The highest BCUT2D eigenvalue weighted by molar-refractivity contribution is 8.02. The van der Waals surface area contributed by atoms with Crippen molar-refractivity contribution in [3.05, 3.63) is 60.2 Å². The van der Waals surface area contributed by atoms with E-state index < -0.39 is 4.87 Å². The molecule has 0 radical (unpaired) electrons. The zero-order valence-corrected chi connectivity index (χ0v) is 11.9. The van der Waals surface area contributed by atoms with Gasteiger partial charge in [0.25, 0.3) is 5.91 Å². The number of rotatable bonds is 1. The van der Waals surface area contributed by atoms with E-state index in [0.29, 0.717) is 5.75 Å². The van der Waals surface area contributed by atoms with Crippen LogP contribution in [0.4, 0.5) is 11.4 Å². The molecular formula is C16H12N2O2S. The maximum absolute atomic E-state index is 12.7. The van der Waals surface area contributed by atoms with E-state index >= 15 is 0 Å². The zero-order chi connectivity index (χ0) is 14.4. The lowest BCUT2D eigenvalue weighted by molar-refractivity contribution is -0.122. The second-order valence-electron chi connectivity index (χ2n) is 5.00. The second-order valence-corrected chi connectivity index (χ2v) is 6.17. The Hall–Kier alpha value is -2.27. The van der Waals surface area contributed by atoms with Gasteiger partial charge in [0, 0.05) is 16.9 Å². The first-order valence-electron chi connectivity index (χ1n) is 6.66. The van der Waals surface area contributed by atoms with Crippen molar-refractivity contribution >= 4 is 35.0 Å². The van der Waals surface area contributed by atoms with Crippen molar-refractivity contribution in [3.8, 4) is 0 Å². The molecule has 5 heteroatoms. The van der Waals surface area contributed by atoms with Gasteiger partial charge in [-0.25, -0.2) is 0 Å². The van der Waals surface area contributed by atoms with Crippen molar-refractivity contribution in [1.82, 2.24) is 0 Å². The van der Waals surface area contributed by atoms with Gasteiger partial charge in [-0.1, -0.05) is 36.4 Å². The van der Waals surface area contributed by atoms with Crippen LogP contribution in [0.25, 0.3) is 0 Å². The van der Waals surface area contributed by atoms with Crippen LogP contribution in [0.5, 0.6) is 0 Å². The largest absolute Gasteiger partial charge is 0.323 e. The van der Waals surface area contributed by atoms with Crippen molar-refractivity contribution in [2.24, 2.45) is 0 Å². The van der Waals surface area contributed by atoms with Gasteiger partial charge >= 0.3 is 0 Å². The summed E-state index contributed by atoms with van der Waals surface area (Å²) >= 11 is 1.38. The van der Waals surface area contributed by atoms with Crippen LogP contribution in [-0.2, 0) is 14.5 Å². The van der Waals surface area contributed by atoms with Gasteiger partial charge in [-0.2, -0.15) is 0 Å². The highest BCUT2D eigenvalue weighted by Crippen LogP contribution is 2.53. The first-order valence-corrected chi connectivity index (χ1v) is 7.65. The van der Waals surface area contributed by atoms with Crippen LogP contribution >= 0.6 is 11.8 Å². The number of carbonyl (C=O) groups excluding carboxylic acids is 2. The molecule has 2 amide bonds. The van der Waals surface area contributed by atoms with Gasteiger partial charge in [0.15, 0.2) is 0 Å². The summed E-state index contributed by atoms with van der Waals surface area (Å²) in [4.78, 5) is 25.7. The van der Waals surface area contributed by atoms with E-state index in [9.17, 15) is 9.59 Å². The second kappa shape index (κ2) is 4.36. The molecular weight excluding hydrogens is 284 g/mol. The SMILES string of the molecule is O=C1CS[C@@]2(C(=O)Nc3ccccc32)N1c1ccccc1. The molecule has 2 aliphatic rings. The third-order valence-electron chi connectivity index (χ3n) is 3.83. The molecule has 1 N–H and O–H groups in total. The third-order valence-corrected chi connectivity index (χ3v) is 5.23. The number of thioether (sulfide) groups is 1. The predicted octanol–water partition coefficient (Wildman–Crippen LogP) is 2.57. The van der Waals surface area contributed by atoms with Crippen molar-refractivity contribution in [2.75, 3.05) is 16.0 Å². The standard InChI is InChI=1S/C16H12N2O2S/c19-14-10-21-16(18(14)11-6-2-1-3-7-11)12-8-4-5-9-13(12)17-15(16)20/h1-9H,10H2,(H,17,20)/t16-/m0/s1. The number of fused-ring (bicyclic) bond motifs is 2. The van der Waals surface area contributed by atoms with E-state index in [1.54, 1.807) is 4.90 Å². The normalized spacial score (nSPS) is 23.5. The molecule has 1 fully saturated rings. The molecule has 2 aliphatic heterocycles. The van der Waals surface area contributed by atoms with Crippen molar-refractivity contribution in [1.29, 1.82) is 0 Å². The summed E-state index contributed by atoms with van der Waals surface area (Å²) in [5.74, 6) is 0.109. The summed E-state index contributed by atoms with van der Waals surface area (Å²) in [6.07, 6.45) is 0. The molecule has 0 aliphatic carbocycles. The minimum Gasteiger partial charge on any atom is -0.323 e. The van der Waals surface area contributed by atoms with Gasteiger partial charge in [-0.3, -0.25) is 14.5 Å². The lowest BCUT2D eigenvalue weighted by Crippen LogP contribution is -2.47. The van der Waals surface area contributed by atoms with Crippen LogP contribution in [-0.4, -0.2) is 17.6 Å². The Kier molecular flexibility index (Phi) is 2.59. The molecule has 0 unspecified atom stereocenters. The molecule has 0 bridgehead atoms. The van der Waals surface area contributed by atoms with Crippen LogP contribution in [0.15, 0.2) is 54.6 Å². The summed E-state index contributed by atoms with van der Waals surface area (Å²) in [7, 11) is 0. The van der Waals surface area contributed by atoms with Gasteiger partial charge in [0.05, 0.1) is 5.75 Å². The Balaban J connectivity index is 1.94. The number of amides is 2. The van der Waals surface area contributed by atoms with Crippen LogP contribution in [0, 0.1) is 0 Å². The van der Waals surface area contributed by atoms with E-state index in [2.05, 4.69) is 5.32 Å². The highest BCUT2D eigenvalue weighted by Gasteiger charge is 2.58. The molecule has 1 spiro atoms. The minimum atomic E-state index is -0.977. The molecule has 0 aromatic heterocycles. The highest BCUT2D eigenvalue weighted by atomic mass is 32.2. The quantitative estimate of drug-likeness (QED) is 0.880. The van der Waals surface area contributed by atoms with Crippen LogP contribution in [0.3, 0.4) is 0 Å². The summed E-state index contributed by atoms with van der Waals surface area (Å²) in [6.45, 7) is 0. The topological polar surface area (TPSA) is 49.4 Å². The van der Waals surface area contributed by atoms with Crippen molar-refractivity contribution in [2.45, 2.75) is 4.87 Å². The maximum atomic E-state index is 12.7. The molecule has 21 heavy (non-hydrogen) atoms. The lowest BCUT2D eigenvalue weighted by Gasteiger charge is -2.32. The van der Waals surface area contributed by atoms with Crippen molar-refractivity contribution < 1.29 is 9.59 Å². The van der Waals surface area contributed by atoms with E-state index in [4.69, 9.17) is 0 Å². The lowest BCUT2D eigenvalue weighted by atomic mass is 10.0. The van der Waals surface area contributed by atoms with E-state index in [1.165, 1.54) is 11.8 Å². The Morgan fingerprint density at radius 1 is 1.00 bits per heavy atom. The predicted molar refractivity (Wildman–Crippen MR) is 83.1 cm³/mol. The summed E-state index contributed by atoms with van der Waals surface area (Å²) < 4.78 is 0. The fraction of sp³-hybridized carbons (Fsp3) is 0.125. The molecule has 0 saturated carbocycles. The van der Waals surface area contributed by atoms with Crippen LogP contribution in [0.2, 0.25) is 0 Å². The fourth-order valence-electron chi connectivity index (χ4n) is 2.96. The van der Waals surface area contributed by atoms with Gasteiger partial charge in [0.2, 0.25) is 10.8 Å². The number of hydrogen-bond donors (Lipinski definition) is 1. The third kappa shape index (κ3) is 1.58. The Morgan fingerprint density at radius 3 is 2.52 bits per heavy atom. The number of benzene rings is 2. The Morgan fingerprint density at radius 2 is 1.71 bits per heavy atom. The molecule has 2 aromatic rings. The Bertz CT molecular complexity index is 747. The average Bonchev–Trinajstić information content (AvgIpc) is 3.00. The fourth-order valence-corrected chi connectivity index (χ4v) is 4.27. The number of para-hydroxylation sites is 2. The van der Waals surface area contributed by atoms with E-state index in [1.807, 2.05) is 54.6 Å². The maximum Gasteiger partial charge on any atom is 0.266 e. The minimum absolute atomic E-state index is 0.0435. The summed E-state index contributed by atoms with van der Waals surface area (Å²) in [5, 5.41) is 2.90. The molecule has 2 heterocycles. The van der Waals surface area contributed by atoms with Gasteiger partial charge in [-0.05, 0) is 18.2 Å². The van der Waals surface area contributed by atoms with Crippen molar-refractivity contribution in [3.63, 3.8) is 0 Å². The van der Waals surface area contributed by atoms with Gasteiger partial charge < -0.3 is 5.32 Å². The van der Waals surface area contributed by atoms with E-state index in [-0.39, 0.29) is 11.8 Å². The van der Waals surface area contributed by atoms with Gasteiger partial charge in [0.1, 0.15) is 0 Å². The van der Waals surface area contributed by atoms with E-state index in [0.717, 1.165) is 16.9 Å². The number of anilines is 2. The van der Waals surface area contributed by atoms with Crippen LogP contribution in [0.1, 0.15) is 5.56 Å². The molecule has 1 saturated heterocycles. The number of nitrogens with zero attached hydrogens (tertiary/aromatic N) is 1. The number of nitrogens with one attached hydrogen (secondary N) is 1. The van der Waals surface area contributed by atoms with Crippen LogP contribution < -0.4 is 10.2 Å². The molecule has 4 nitrogen and oxygen atoms in total. The summed E-state index contributed by atoms with van der Waals surface area (Å²) in [5.41, 5.74) is 2.39. The average molecular weight is 296 g/mol. The molecule has 1 atom stereocenters. The molecule has 104 valence electrons. The monoisotopic (exact) mass is 296 g/mol. The first kappa shape index (κ1) is 12.5.